The van der Waals surface area contributed by atoms with Crippen LogP contribution in [0, 0.1) is 0 Å². The molecule has 0 bridgehead atoms. The summed E-state index contributed by atoms with van der Waals surface area (Å²) in [6, 6.07) is 7.99. The van der Waals surface area contributed by atoms with Crippen LogP contribution in [0.1, 0.15) is 31.2 Å². The first-order chi connectivity index (χ1) is 14.6. The van der Waals surface area contributed by atoms with Crippen LogP contribution in [-0.4, -0.2) is 66.7 Å². The normalized spacial score (nSPS) is 27.7. The molecule has 0 aromatic heterocycles. The molecule has 1 spiro atoms. The van der Waals surface area contributed by atoms with Crippen LogP contribution in [0.25, 0.3) is 0 Å². The Morgan fingerprint density at radius 2 is 2.03 bits per heavy atom. The van der Waals surface area contributed by atoms with Gasteiger partial charge in [0, 0.05) is 19.4 Å². The van der Waals surface area contributed by atoms with Gasteiger partial charge in [0.15, 0.2) is 5.79 Å². The number of carbonyl (C=O) groups excluding carboxylic acids is 3. The van der Waals surface area contributed by atoms with Crippen molar-refractivity contribution in [1.82, 2.24) is 10.2 Å². The molecule has 1 aromatic carbocycles. The largest absolute Gasteiger partial charge is 0.445 e. The fraction of sp³-hybridized carbons (Fsp3) is 0.571. The van der Waals surface area contributed by atoms with Crippen molar-refractivity contribution in [3.05, 3.63) is 35.9 Å². The zero-order chi connectivity index (χ0) is 21.0. The van der Waals surface area contributed by atoms with Crippen molar-refractivity contribution in [3.63, 3.8) is 0 Å². The molecule has 1 saturated carbocycles. The maximum Gasteiger partial charge on any atom is 0.408 e. The first-order valence-corrected chi connectivity index (χ1v) is 10.2. The van der Waals surface area contributed by atoms with E-state index in [1.165, 1.54) is 0 Å². The Morgan fingerprint density at radius 3 is 2.77 bits per heavy atom. The zero-order valence-corrected chi connectivity index (χ0v) is 16.6. The molecule has 2 amide bonds. The van der Waals surface area contributed by atoms with Crippen molar-refractivity contribution in [1.29, 1.82) is 0 Å². The van der Waals surface area contributed by atoms with Gasteiger partial charge >= 0.3 is 6.09 Å². The summed E-state index contributed by atoms with van der Waals surface area (Å²) >= 11 is 0. The minimum atomic E-state index is -0.719. The Hall–Kier alpha value is -2.74. The van der Waals surface area contributed by atoms with Crippen molar-refractivity contribution >= 4 is 18.1 Å². The number of nitrogens with zero attached hydrogens (tertiary/aromatic N) is 2. The third kappa shape index (κ3) is 4.38. The van der Waals surface area contributed by atoms with E-state index in [9.17, 15) is 14.4 Å². The summed E-state index contributed by atoms with van der Waals surface area (Å²) in [7, 11) is 0. The number of nitrogens with one attached hydrogen (secondary N) is 1. The van der Waals surface area contributed by atoms with Gasteiger partial charge in [-0.15, -0.1) is 0 Å². The first-order valence-electron chi connectivity index (χ1n) is 10.2. The summed E-state index contributed by atoms with van der Waals surface area (Å²) in [5.74, 6) is -0.907. The van der Waals surface area contributed by atoms with Crippen molar-refractivity contribution < 1.29 is 28.6 Å². The van der Waals surface area contributed by atoms with Crippen molar-refractivity contribution in [3.8, 4) is 0 Å². The lowest BCUT2D eigenvalue weighted by Crippen LogP contribution is -2.54. The number of ether oxygens (including phenoxy) is 3. The van der Waals surface area contributed by atoms with Gasteiger partial charge in [0.2, 0.25) is 12.0 Å². The van der Waals surface area contributed by atoms with Crippen LogP contribution in [0.15, 0.2) is 35.3 Å². The first kappa shape index (κ1) is 20.5. The van der Waals surface area contributed by atoms with Gasteiger partial charge in [0.1, 0.15) is 12.6 Å². The van der Waals surface area contributed by atoms with E-state index in [-0.39, 0.29) is 18.6 Å². The number of alkyl carbamates (subject to hydrolysis) is 1. The highest BCUT2D eigenvalue weighted by molar-refractivity contribution is 5.87. The van der Waals surface area contributed by atoms with Gasteiger partial charge in [-0.05, 0) is 18.4 Å². The molecule has 1 N–H and O–H groups in total. The van der Waals surface area contributed by atoms with E-state index in [2.05, 4.69) is 10.3 Å². The number of likely N-dealkylation sites (tertiary alicyclic amines) is 1. The van der Waals surface area contributed by atoms with Crippen LogP contribution in [0.5, 0.6) is 0 Å². The Morgan fingerprint density at radius 1 is 1.27 bits per heavy atom. The third-order valence-electron chi connectivity index (χ3n) is 5.96. The second kappa shape index (κ2) is 8.95. The molecule has 3 atom stereocenters. The number of hydrogen-bond donors (Lipinski definition) is 1. The number of benzene rings is 1. The van der Waals surface area contributed by atoms with Crippen LogP contribution >= 0.6 is 0 Å². The molecule has 2 aliphatic heterocycles. The summed E-state index contributed by atoms with van der Waals surface area (Å²) in [5, 5.41) is 2.65. The number of isocyanates is 1. The van der Waals surface area contributed by atoms with E-state index in [0.29, 0.717) is 45.4 Å². The van der Waals surface area contributed by atoms with Gasteiger partial charge < -0.3 is 24.4 Å². The SMILES string of the molecule is O=C=N[C@@H]1CC2(CCC1N1CC[C@H](NC(=O)OCc3ccccc3)C1=O)OCCO2. The number of carbonyl (C=O) groups is 2. The van der Waals surface area contributed by atoms with E-state index in [0.717, 1.165) is 5.56 Å². The molecule has 3 aliphatic rings. The molecule has 0 radical (unpaired) electrons. The minimum Gasteiger partial charge on any atom is -0.445 e. The van der Waals surface area contributed by atoms with Crippen LogP contribution < -0.4 is 5.32 Å². The predicted molar refractivity (Wildman–Crippen MR) is 104 cm³/mol. The molecule has 4 rings (SSSR count). The predicted octanol–water partition coefficient (Wildman–Crippen LogP) is 1.51. The summed E-state index contributed by atoms with van der Waals surface area (Å²) in [5.41, 5.74) is 0.870. The van der Waals surface area contributed by atoms with Crippen LogP contribution in [0.3, 0.4) is 0 Å². The molecule has 1 unspecified atom stereocenters. The smallest absolute Gasteiger partial charge is 0.408 e. The number of rotatable bonds is 5. The van der Waals surface area contributed by atoms with Crippen LogP contribution in [0.2, 0.25) is 0 Å². The van der Waals surface area contributed by atoms with Crippen molar-refractivity contribution in [2.45, 2.75) is 56.2 Å². The number of amides is 2. The van der Waals surface area contributed by atoms with Gasteiger partial charge in [-0.25, -0.2) is 14.6 Å². The highest BCUT2D eigenvalue weighted by Crippen LogP contribution is 2.39. The zero-order valence-electron chi connectivity index (χ0n) is 16.6. The monoisotopic (exact) mass is 415 g/mol. The summed E-state index contributed by atoms with van der Waals surface area (Å²) < 4.78 is 16.7. The maximum absolute atomic E-state index is 12.9. The van der Waals surface area contributed by atoms with Crippen LogP contribution in [0.4, 0.5) is 4.79 Å². The highest BCUT2D eigenvalue weighted by atomic mass is 16.7. The van der Waals surface area contributed by atoms with Gasteiger partial charge in [0.25, 0.3) is 0 Å². The van der Waals surface area contributed by atoms with Gasteiger partial charge in [-0.1, -0.05) is 30.3 Å². The van der Waals surface area contributed by atoms with Gasteiger partial charge in [-0.2, -0.15) is 0 Å². The molecule has 1 aliphatic carbocycles. The van der Waals surface area contributed by atoms with Crippen molar-refractivity contribution in [2.75, 3.05) is 19.8 Å². The summed E-state index contributed by atoms with van der Waals surface area (Å²) in [6.45, 7) is 1.65. The van der Waals surface area contributed by atoms with Gasteiger partial charge in [0.05, 0.1) is 25.3 Å². The Balaban J connectivity index is 1.34. The van der Waals surface area contributed by atoms with Crippen LogP contribution in [-0.2, 0) is 30.4 Å². The topological polar surface area (TPSA) is 107 Å². The quantitative estimate of drug-likeness (QED) is 0.577. The molecule has 9 heteroatoms. The average molecular weight is 415 g/mol. The molecule has 3 fully saturated rings. The average Bonchev–Trinajstić information content (AvgIpc) is 3.35. The molecule has 2 heterocycles. The minimum absolute atomic E-state index is 0.137. The molecular weight excluding hydrogens is 390 g/mol. The number of hydrogen-bond acceptors (Lipinski definition) is 7. The number of aliphatic imine (C=N–C) groups is 1. The Kier molecular flexibility index (Phi) is 6.13. The van der Waals surface area contributed by atoms with E-state index in [1.807, 2.05) is 30.3 Å². The molecule has 160 valence electrons. The second-order valence-corrected chi connectivity index (χ2v) is 7.78. The lowest BCUT2D eigenvalue weighted by molar-refractivity contribution is -0.188. The van der Waals surface area contributed by atoms with Crippen molar-refractivity contribution in [2.24, 2.45) is 4.99 Å². The van der Waals surface area contributed by atoms with Gasteiger partial charge in [-0.3, -0.25) is 4.79 Å². The lowest BCUT2D eigenvalue weighted by atomic mass is 9.85. The second-order valence-electron chi connectivity index (χ2n) is 7.78. The van der Waals surface area contributed by atoms with E-state index in [1.54, 1.807) is 11.0 Å². The highest BCUT2D eigenvalue weighted by Gasteiger charge is 2.49. The molecule has 9 nitrogen and oxygen atoms in total. The fourth-order valence-electron chi connectivity index (χ4n) is 4.51. The molecule has 2 saturated heterocycles. The van der Waals surface area contributed by atoms with E-state index in [4.69, 9.17) is 14.2 Å². The standard InChI is InChI=1S/C21H25N3O6/c25-14-22-17-12-21(29-10-11-30-21)8-6-18(17)24-9-7-16(19(24)26)23-20(27)28-13-15-4-2-1-3-5-15/h1-5,16-18H,6-13H2,(H,23,27)/t16-,17+,18?/m0/s1. The molecular formula is C21H25N3O6. The Labute approximate surface area is 174 Å². The maximum atomic E-state index is 12.9. The molecule has 1 aromatic rings. The van der Waals surface area contributed by atoms with E-state index >= 15 is 0 Å². The van der Waals surface area contributed by atoms with E-state index < -0.39 is 24.0 Å². The molecule has 30 heavy (non-hydrogen) atoms. The summed E-state index contributed by atoms with van der Waals surface area (Å²) in [6.07, 6.45) is 3.12. The summed E-state index contributed by atoms with van der Waals surface area (Å²) in [4.78, 5) is 41.7. The lowest BCUT2D eigenvalue weighted by Gasteiger charge is -2.42. The Bertz CT molecular complexity index is 819. The third-order valence-corrected chi connectivity index (χ3v) is 5.96. The fourth-order valence-corrected chi connectivity index (χ4v) is 4.51.